The molecule has 56 heavy (non-hydrogen) atoms. The lowest BCUT2D eigenvalue weighted by Gasteiger charge is -2.41. The largest absolute Gasteiger partial charge is 0.437 e. The van der Waals surface area contributed by atoms with Crippen LogP contribution in [0.1, 0.15) is 59.3 Å². The van der Waals surface area contributed by atoms with Crippen LogP contribution in [0.4, 0.5) is 0 Å². The van der Waals surface area contributed by atoms with Gasteiger partial charge in [-0.1, -0.05) is 59.3 Å². The first-order valence-corrected chi connectivity index (χ1v) is 49.2. The highest BCUT2D eigenvalue weighted by Crippen LogP contribution is 2.28. The molecule has 0 radical (unpaired) electrons. The Labute approximate surface area is 361 Å². The van der Waals surface area contributed by atoms with E-state index in [1.54, 1.807) is 0 Å². The SMILES string of the molecule is CCCC[Si](C)(C)CCOC[SiH](C)NCCC.CCCN[Si](C)(C)O[Si](C)(C)O[Si](C)(C)CCCN.C[Si](C)(C)O[Si](C)(C)O[Si](C)(CCCN)O[Si](C)(C)C. The highest BCUT2D eigenvalue weighted by molar-refractivity contribution is 6.89. The van der Waals surface area contributed by atoms with E-state index in [9.17, 15) is 0 Å². The molecule has 0 aromatic rings. The Kier molecular flexibility index (Phi) is 32.9. The van der Waals surface area contributed by atoms with Crippen molar-refractivity contribution < 1.29 is 25.3 Å². The lowest BCUT2D eigenvalue weighted by Crippen LogP contribution is -2.58. The summed E-state index contributed by atoms with van der Waals surface area (Å²) in [6, 6.07) is 4.88. The molecule has 0 rings (SSSR count). The van der Waals surface area contributed by atoms with E-state index in [2.05, 4.69) is 149 Å². The van der Waals surface area contributed by atoms with Gasteiger partial charge in [-0.25, -0.2) is 0 Å². The van der Waals surface area contributed by atoms with E-state index in [-0.39, 0.29) is 0 Å². The van der Waals surface area contributed by atoms with Gasteiger partial charge in [-0.3, -0.25) is 0 Å². The monoisotopic (exact) mass is 951 g/mol. The standard InChI is InChI=1S/C13H33NOSi2.C12H34N2O2Si3.C12H35NO3Si4/c1-6-8-11-17(4,5)12-10-15-13-16(3)14-9-7-2;1-8-11-14-18(4,5)16-19(6,7)15-17(2,3)12-9-10-13;1-17(2,3)14-19(7,8)16-20(9,12-10-11-13)15-18(4,5)6/h14,16H,6-13H2,1-5H3;14H,8-13H2,1-7H3;10-13H2,1-9H3. The van der Waals surface area contributed by atoms with Crippen LogP contribution in [0.5, 0.6) is 0 Å². The third kappa shape index (κ3) is 40.9. The average Bonchev–Trinajstić information content (AvgIpc) is 2.99. The smallest absolute Gasteiger partial charge is 0.315 e. The molecular weight excluding hydrogens is 849 g/mol. The van der Waals surface area contributed by atoms with Gasteiger partial charge in [0, 0.05) is 14.7 Å². The number of unbranched alkanes of at least 4 members (excludes halogenated alkanes) is 1. The number of ether oxygens (including phenoxy) is 1. The summed E-state index contributed by atoms with van der Waals surface area (Å²) in [7, 11) is -14.8. The Morgan fingerprint density at radius 1 is 0.518 bits per heavy atom. The molecule has 0 bridgehead atoms. The maximum absolute atomic E-state index is 6.53. The first-order chi connectivity index (χ1) is 25.2. The summed E-state index contributed by atoms with van der Waals surface area (Å²) in [5.41, 5.74) is 11.3. The van der Waals surface area contributed by atoms with Gasteiger partial charge >= 0.3 is 25.7 Å². The minimum atomic E-state index is -2.20. The van der Waals surface area contributed by atoms with Crippen molar-refractivity contribution in [1.82, 2.24) is 9.96 Å². The number of rotatable bonds is 30. The molecule has 0 aliphatic rings. The van der Waals surface area contributed by atoms with Gasteiger partial charge in [0.1, 0.15) is 8.96 Å². The zero-order valence-corrected chi connectivity index (χ0v) is 50.6. The molecule has 6 N–H and O–H groups in total. The third-order valence-electron chi connectivity index (χ3n) is 8.42. The van der Waals surface area contributed by atoms with Crippen molar-refractivity contribution in [2.75, 3.05) is 39.0 Å². The molecule has 0 aromatic carbocycles. The van der Waals surface area contributed by atoms with Gasteiger partial charge in [-0.15, -0.1) is 0 Å². The molecule has 0 fully saturated rings. The molecule has 10 nitrogen and oxygen atoms in total. The molecule has 0 saturated heterocycles. The van der Waals surface area contributed by atoms with E-state index >= 15 is 0 Å². The zero-order chi connectivity index (χ0) is 44.5. The maximum atomic E-state index is 6.53. The van der Waals surface area contributed by atoms with Crippen LogP contribution >= 0.6 is 0 Å². The lowest BCUT2D eigenvalue weighted by molar-refractivity contribution is 0.188. The van der Waals surface area contributed by atoms with Crippen LogP contribution in [0.15, 0.2) is 0 Å². The van der Waals surface area contributed by atoms with Crippen molar-refractivity contribution in [3.8, 4) is 0 Å². The quantitative estimate of drug-likeness (QED) is 0.0408. The maximum Gasteiger partial charge on any atom is 0.315 e. The number of hydrogen-bond acceptors (Lipinski definition) is 10. The van der Waals surface area contributed by atoms with Crippen LogP contribution < -0.4 is 21.4 Å². The van der Waals surface area contributed by atoms with Crippen molar-refractivity contribution in [3.63, 3.8) is 0 Å². The zero-order valence-electron chi connectivity index (χ0n) is 41.5. The van der Waals surface area contributed by atoms with E-state index in [0.29, 0.717) is 6.54 Å². The van der Waals surface area contributed by atoms with Gasteiger partial charge in [-0.2, -0.15) is 0 Å². The van der Waals surface area contributed by atoms with Crippen molar-refractivity contribution >= 4 is 76.1 Å². The number of nitrogens with two attached hydrogens (primary N) is 2. The molecule has 0 aliphatic carbocycles. The van der Waals surface area contributed by atoms with Crippen molar-refractivity contribution in [3.05, 3.63) is 0 Å². The molecule has 2 unspecified atom stereocenters. The molecule has 19 heteroatoms. The molecule has 2 atom stereocenters. The first-order valence-electron chi connectivity index (χ1n) is 22.2. The molecule has 0 aliphatic heterocycles. The van der Waals surface area contributed by atoms with E-state index < -0.39 is 76.1 Å². The fraction of sp³-hybridized carbons (Fsp3) is 1.00. The van der Waals surface area contributed by atoms with E-state index in [4.69, 9.17) is 36.8 Å². The second-order valence-corrected chi connectivity index (χ2v) is 56.8. The summed E-state index contributed by atoms with van der Waals surface area (Å²) < 4.78 is 38.0. The highest BCUT2D eigenvalue weighted by Gasteiger charge is 2.44. The fourth-order valence-electron chi connectivity index (χ4n) is 6.65. The first kappa shape index (κ1) is 61.8. The van der Waals surface area contributed by atoms with Crippen molar-refractivity contribution in [2.24, 2.45) is 11.5 Å². The van der Waals surface area contributed by atoms with Gasteiger partial charge in [0.15, 0.2) is 25.0 Å². The summed E-state index contributed by atoms with van der Waals surface area (Å²) in [4.78, 5) is 7.15. The number of nitrogens with one attached hydrogen (secondary N) is 2. The topological polar surface area (TPSA) is 131 Å². The van der Waals surface area contributed by atoms with Crippen molar-refractivity contribution in [1.29, 1.82) is 0 Å². The van der Waals surface area contributed by atoms with Crippen LogP contribution in [0, 0.1) is 0 Å². The lowest BCUT2D eigenvalue weighted by atomic mass is 10.4. The Hall–Kier alpha value is 1.55. The minimum Gasteiger partial charge on any atom is -0.437 e. The van der Waals surface area contributed by atoms with Gasteiger partial charge in [0.25, 0.3) is 8.48 Å². The molecule has 0 saturated carbocycles. The number of hydrogen-bond donors (Lipinski definition) is 4. The molecule has 342 valence electrons. The second kappa shape index (κ2) is 29.8. The Morgan fingerprint density at radius 2 is 1.02 bits per heavy atom. The normalized spacial score (nSPS) is 15.1. The second-order valence-electron chi connectivity index (χ2n) is 20.6. The van der Waals surface area contributed by atoms with Crippen LogP contribution in [0.3, 0.4) is 0 Å². The van der Waals surface area contributed by atoms with E-state index in [1.807, 2.05) is 0 Å². The fourth-order valence-corrected chi connectivity index (χ4v) is 41.7. The Bertz CT molecular complexity index is 952. The van der Waals surface area contributed by atoms with Gasteiger partial charge in [0.2, 0.25) is 0 Å². The van der Waals surface area contributed by atoms with Gasteiger partial charge in [-0.05, 0) is 168 Å². The van der Waals surface area contributed by atoms with Crippen LogP contribution in [0.25, 0.3) is 0 Å². The minimum absolute atomic E-state index is 0.692. The highest BCUT2D eigenvalue weighted by atomic mass is 28.5. The Morgan fingerprint density at radius 3 is 1.48 bits per heavy atom. The van der Waals surface area contributed by atoms with Crippen LogP contribution in [0.2, 0.25) is 142 Å². The van der Waals surface area contributed by atoms with Gasteiger partial charge in [0.05, 0.1) is 6.23 Å². The predicted molar refractivity (Wildman–Crippen MR) is 273 cm³/mol. The van der Waals surface area contributed by atoms with E-state index in [1.165, 1.54) is 31.4 Å². The average molecular weight is 952 g/mol. The summed E-state index contributed by atoms with van der Waals surface area (Å²) >= 11 is 0. The molecule has 0 amide bonds. The molecule has 0 aromatic heterocycles. The predicted octanol–water partition coefficient (Wildman–Crippen LogP) is 10.2. The van der Waals surface area contributed by atoms with Gasteiger partial charge < -0.3 is 46.7 Å². The summed E-state index contributed by atoms with van der Waals surface area (Å²) in [5, 5.41) is 0. The van der Waals surface area contributed by atoms with Crippen molar-refractivity contribution in [2.45, 2.75) is 201 Å². The van der Waals surface area contributed by atoms with Crippen LogP contribution in [-0.4, -0.2) is 115 Å². The summed E-state index contributed by atoms with van der Waals surface area (Å²) in [6.07, 6.45) is 8.12. The Balaban J connectivity index is -0.000000755. The summed E-state index contributed by atoms with van der Waals surface area (Å²) in [5.74, 6) is 0. The van der Waals surface area contributed by atoms with E-state index in [0.717, 1.165) is 63.8 Å². The molecule has 0 spiro atoms. The third-order valence-corrected chi connectivity index (χ3v) is 37.8. The summed E-state index contributed by atoms with van der Waals surface area (Å²) in [6.45, 7) is 51.8. The molecule has 0 heterocycles. The van der Waals surface area contributed by atoms with Crippen LogP contribution in [-0.2, 0) is 25.3 Å². The molecular formula is C37H102N4O6Si9.